The predicted octanol–water partition coefficient (Wildman–Crippen LogP) is 2.72. The zero-order valence-electron chi connectivity index (χ0n) is 37.7. The summed E-state index contributed by atoms with van der Waals surface area (Å²) in [5.74, 6) is -8.82. The maximum atomic E-state index is 14.9. The van der Waals surface area contributed by atoms with Gasteiger partial charge in [0.25, 0.3) is 5.79 Å². The summed E-state index contributed by atoms with van der Waals surface area (Å²) in [6.07, 6.45) is 3.54. The average Bonchev–Trinajstić information content (AvgIpc) is 3.71. The van der Waals surface area contributed by atoms with E-state index in [1.165, 1.54) is 27.2 Å². The van der Waals surface area contributed by atoms with Gasteiger partial charge in [-0.1, -0.05) is 66.7 Å². The number of amides is 1. The number of aliphatic imine (C=N–C) groups is 1. The second-order valence-corrected chi connectivity index (χ2v) is 19.4. The summed E-state index contributed by atoms with van der Waals surface area (Å²) in [6, 6.07) is -1.81. The number of allylic oxidation sites excluding steroid dienone is 2. The third-order valence-corrected chi connectivity index (χ3v) is 14.6. The number of carbonyl (C=O) groups is 4. The molecule has 340 valence electrons. The number of rotatable bonds is 4. The van der Waals surface area contributed by atoms with E-state index >= 15 is 0 Å². The highest BCUT2D eigenvalue weighted by Crippen LogP contribution is 2.53. The number of carbonyl (C=O) groups excluding carboxylic acids is 4. The largest absolute Gasteiger partial charge is 0.463 e. The van der Waals surface area contributed by atoms with E-state index in [-0.39, 0.29) is 5.78 Å². The quantitative estimate of drug-likeness (QED) is 0.259. The van der Waals surface area contributed by atoms with Crippen LogP contribution in [-0.4, -0.2) is 136 Å². The van der Waals surface area contributed by atoms with Crippen LogP contribution in [0.15, 0.2) is 41.1 Å². The topological polar surface area (TPSA) is 206 Å². The first-order chi connectivity index (χ1) is 28.6. The van der Waals surface area contributed by atoms with Gasteiger partial charge in [0.2, 0.25) is 11.7 Å². The van der Waals surface area contributed by atoms with Gasteiger partial charge in [-0.3, -0.25) is 29.5 Å². The summed E-state index contributed by atoms with van der Waals surface area (Å²) >= 11 is 0. The molecule has 17 atom stereocenters. The third-order valence-electron chi connectivity index (χ3n) is 14.6. The van der Waals surface area contributed by atoms with Crippen molar-refractivity contribution in [3.63, 3.8) is 0 Å². The van der Waals surface area contributed by atoms with Crippen molar-refractivity contribution < 1.29 is 53.4 Å². The van der Waals surface area contributed by atoms with E-state index in [0.29, 0.717) is 30.0 Å². The number of Topliss-reactive ketones (excluding diaryl/α,β-unsaturated/α-hetero) is 2. The zero-order chi connectivity index (χ0) is 44.9. The Kier molecular flexibility index (Phi) is 14.2. The lowest BCUT2D eigenvalue weighted by Gasteiger charge is -2.49. The van der Waals surface area contributed by atoms with Crippen molar-refractivity contribution in [1.29, 1.82) is 0 Å². The van der Waals surface area contributed by atoms with Crippen molar-refractivity contribution in [3.8, 4) is 0 Å². The van der Waals surface area contributed by atoms with Crippen LogP contribution in [0.5, 0.6) is 0 Å². The van der Waals surface area contributed by atoms with Crippen LogP contribution in [-0.2, 0) is 38.1 Å². The molecule has 2 aliphatic carbocycles. The van der Waals surface area contributed by atoms with Gasteiger partial charge < -0.3 is 44.5 Å². The van der Waals surface area contributed by atoms with Gasteiger partial charge in [0.15, 0.2) is 5.78 Å². The second-order valence-electron chi connectivity index (χ2n) is 19.4. The zero-order valence-corrected chi connectivity index (χ0v) is 37.7. The van der Waals surface area contributed by atoms with Gasteiger partial charge in [-0.15, -0.1) is 0 Å². The Bertz CT molecular complexity index is 1790. The summed E-state index contributed by atoms with van der Waals surface area (Å²) in [5, 5.41) is 41.7. The molecule has 6 rings (SSSR count). The molecule has 5 N–H and O–H groups in total. The molecule has 1 amide bonds. The maximum absolute atomic E-state index is 14.9. The van der Waals surface area contributed by atoms with E-state index in [1.54, 1.807) is 58.9 Å². The lowest BCUT2D eigenvalue weighted by Crippen LogP contribution is -2.70. The Labute approximate surface area is 360 Å². The fraction of sp³-hybridized carbons (Fsp3) is 0.761. The van der Waals surface area contributed by atoms with Crippen LogP contribution in [0.1, 0.15) is 82.1 Å². The van der Waals surface area contributed by atoms with Crippen molar-refractivity contribution in [1.82, 2.24) is 15.5 Å². The van der Waals surface area contributed by atoms with E-state index in [0.717, 1.165) is 19.6 Å². The number of likely N-dealkylation sites (tertiary alicyclic amines) is 1. The number of nitrogens with one attached hydrogen (secondary N) is 2. The number of hydrogen-bond acceptors (Lipinski definition) is 14. The molecule has 15 heteroatoms. The molecule has 1 spiro atoms. The molecule has 2 saturated carbocycles. The van der Waals surface area contributed by atoms with Crippen LogP contribution in [0.3, 0.4) is 0 Å². The number of fused-ring (bicyclic) bond motifs is 1. The Morgan fingerprint density at radius 3 is 2.23 bits per heavy atom. The summed E-state index contributed by atoms with van der Waals surface area (Å²) in [6.45, 7) is 20.2. The fourth-order valence-corrected chi connectivity index (χ4v) is 11.0. The first-order valence-corrected chi connectivity index (χ1v) is 22.2. The minimum atomic E-state index is -1.81. The monoisotopic (exact) mass is 855 g/mol. The van der Waals surface area contributed by atoms with E-state index in [2.05, 4.69) is 29.4 Å². The molecule has 0 aromatic carbocycles. The Balaban J connectivity index is 1.42. The Morgan fingerprint density at radius 2 is 1.61 bits per heavy atom. The highest BCUT2D eigenvalue weighted by Gasteiger charge is 2.69. The van der Waals surface area contributed by atoms with Crippen LogP contribution in [0, 0.1) is 53.3 Å². The summed E-state index contributed by atoms with van der Waals surface area (Å²) < 4.78 is 24.3. The normalized spacial score (nSPS) is 43.4. The van der Waals surface area contributed by atoms with Gasteiger partial charge in [0.05, 0.1) is 54.7 Å². The molecule has 4 aliphatic heterocycles. The lowest BCUT2D eigenvalue weighted by molar-refractivity contribution is -0.205. The van der Waals surface area contributed by atoms with Gasteiger partial charge >= 0.3 is 5.97 Å². The van der Waals surface area contributed by atoms with Crippen molar-refractivity contribution in [2.75, 3.05) is 26.7 Å². The van der Waals surface area contributed by atoms with Crippen molar-refractivity contribution in [3.05, 3.63) is 36.1 Å². The number of ketones is 2. The standard InChI is InChI=1S/C46H70N4O11/c1-22(2)21-50-18-16-46(17-19-50)48-34-31-32-39(54)28(8)42-33(31)43(56)45(10,61-42)59-20-15-30(58-11)25(5)41(60-29(9)51)27(7)38(53)26(6)37(52)23(3)13-12-14-24(4)44(57)47-36(40(32)55)35(34)49-46/h12-15,20,22-23,25-28,30-33,35-39,41-42,49,52-54H,16-19,21H2,1-11H3,(H,47,57)/t23-,25-,26+,27+,28?,30-,31?,32?,33?,35?,36?,37-,38+,39?,41+,42?,45-/m0/s1. The third kappa shape index (κ3) is 9.08. The predicted molar refractivity (Wildman–Crippen MR) is 227 cm³/mol. The minimum absolute atomic E-state index is 0.307. The average molecular weight is 855 g/mol. The number of methoxy groups -OCH3 is 1. The Hall–Kier alpha value is -3.31. The summed E-state index contributed by atoms with van der Waals surface area (Å²) in [7, 11) is 1.49. The highest BCUT2D eigenvalue weighted by molar-refractivity contribution is 6.12. The lowest BCUT2D eigenvalue weighted by atomic mass is 9.56. The van der Waals surface area contributed by atoms with Gasteiger partial charge in [0.1, 0.15) is 17.8 Å². The van der Waals surface area contributed by atoms with Crippen LogP contribution < -0.4 is 10.6 Å². The number of ether oxygens (including phenoxy) is 4. The molecule has 15 nitrogen and oxygen atoms in total. The van der Waals surface area contributed by atoms with Gasteiger partial charge in [-0.25, -0.2) is 0 Å². The molecule has 4 fully saturated rings. The van der Waals surface area contributed by atoms with Crippen LogP contribution >= 0.6 is 0 Å². The molecular weight excluding hydrogens is 785 g/mol. The van der Waals surface area contributed by atoms with E-state index in [9.17, 15) is 34.5 Å². The smallest absolute Gasteiger partial charge is 0.302 e. The molecule has 4 bridgehead atoms. The molecular formula is C46H70N4O11. The first kappa shape index (κ1) is 47.2. The molecule has 61 heavy (non-hydrogen) atoms. The van der Waals surface area contributed by atoms with Gasteiger partial charge in [-0.2, -0.15) is 0 Å². The van der Waals surface area contributed by atoms with Crippen LogP contribution in [0.2, 0.25) is 0 Å². The second kappa shape index (κ2) is 18.4. The van der Waals surface area contributed by atoms with E-state index in [4.69, 9.17) is 23.9 Å². The number of aliphatic hydroxyl groups excluding tert-OH is 3. The van der Waals surface area contributed by atoms with Gasteiger partial charge in [0, 0.05) is 87.4 Å². The number of nitrogens with zero attached hydrogens (tertiary/aromatic N) is 2. The van der Waals surface area contributed by atoms with Crippen LogP contribution in [0.4, 0.5) is 0 Å². The molecule has 6 aliphatic rings. The van der Waals surface area contributed by atoms with Crippen LogP contribution in [0.25, 0.3) is 0 Å². The van der Waals surface area contributed by atoms with Gasteiger partial charge in [-0.05, 0) is 31.8 Å². The van der Waals surface area contributed by atoms with E-state index < -0.39 is 125 Å². The minimum Gasteiger partial charge on any atom is -0.463 e. The van der Waals surface area contributed by atoms with Crippen molar-refractivity contribution in [2.24, 2.45) is 58.3 Å². The molecule has 0 aromatic heterocycles. The molecule has 8 unspecified atom stereocenters. The number of esters is 1. The fourth-order valence-electron chi connectivity index (χ4n) is 11.0. The molecule has 4 heterocycles. The summed E-state index contributed by atoms with van der Waals surface area (Å²) in [5.41, 5.74) is 0.159. The Morgan fingerprint density at radius 1 is 0.934 bits per heavy atom. The highest BCUT2D eigenvalue weighted by atomic mass is 16.7. The molecule has 2 saturated heterocycles. The maximum Gasteiger partial charge on any atom is 0.302 e. The SMILES string of the molecule is CO[C@H]1C=CO[C@@]2(C)OC3C(C)C(O)C4C(=O)C(NC(=O)C(C)=CC=C[C@H](C)[C@H](O)[C@@H](C)[C@@H](O)[C@@H](C)[C@H](OC(C)=O)[C@H]1C)C1NC5(CCN(CC(C)C)CC5)N=C1C4C3C2=O. The number of hydrogen-bond donors (Lipinski definition) is 5. The summed E-state index contributed by atoms with van der Waals surface area (Å²) in [4.78, 5) is 63.9. The number of aliphatic hydroxyl groups is 3. The molecule has 0 radical (unpaired) electrons. The first-order valence-electron chi connectivity index (χ1n) is 22.2. The molecule has 0 aromatic rings. The van der Waals surface area contributed by atoms with E-state index in [1.807, 2.05) is 6.92 Å². The van der Waals surface area contributed by atoms with Crippen molar-refractivity contribution >= 4 is 29.2 Å². The number of piperidine rings is 1. The van der Waals surface area contributed by atoms with Crippen molar-refractivity contribution in [2.45, 2.75) is 142 Å².